The van der Waals surface area contributed by atoms with Crippen molar-refractivity contribution in [3.63, 3.8) is 0 Å². The molecule has 4 aromatic carbocycles. The average Bonchev–Trinajstić information content (AvgIpc) is 3.15. The van der Waals surface area contributed by atoms with Gasteiger partial charge in [0.15, 0.2) is 0 Å². The van der Waals surface area contributed by atoms with Crippen LogP contribution in [0.4, 0.5) is 4.79 Å². The molecular weight excluding hydrogens is 635 g/mol. The molecule has 262 valence electrons. The molecule has 0 atom stereocenters. The van der Waals surface area contributed by atoms with Crippen LogP contribution in [0.5, 0.6) is 11.5 Å². The average molecular weight is 682 g/mol. The van der Waals surface area contributed by atoms with Gasteiger partial charge in [0.1, 0.15) is 17.1 Å². The maximum Gasteiger partial charge on any atom is 0.410 e. The largest absolute Gasteiger partial charge is 0.457 e. The Morgan fingerprint density at radius 3 is 1.84 bits per heavy atom. The molecule has 7 heteroatoms. The summed E-state index contributed by atoms with van der Waals surface area (Å²) in [5, 5.41) is 0. The molecule has 0 spiro atoms. The molecule has 1 aromatic heterocycles. The summed E-state index contributed by atoms with van der Waals surface area (Å²) in [6.07, 6.45) is 8.85. The van der Waals surface area contributed by atoms with E-state index in [0.29, 0.717) is 30.9 Å². The maximum absolute atomic E-state index is 13.9. The Bertz CT molecular complexity index is 1850. The molecule has 0 saturated heterocycles. The summed E-state index contributed by atoms with van der Waals surface area (Å²) in [5.74, 6) is 1.34. The lowest BCUT2D eigenvalue weighted by Crippen LogP contribution is -2.43. The van der Waals surface area contributed by atoms with E-state index in [1.807, 2.05) is 97.3 Å². The Kier molecular flexibility index (Phi) is 11.5. The molecule has 1 aliphatic carbocycles. The predicted molar refractivity (Wildman–Crippen MR) is 201 cm³/mol. The van der Waals surface area contributed by atoms with Crippen LogP contribution in [0, 0.1) is 0 Å². The lowest BCUT2D eigenvalue weighted by atomic mass is 9.94. The summed E-state index contributed by atoms with van der Waals surface area (Å²) < 4.78 is 11.7. The standard InChI is InChI=1S/C44H47N3O4/c1-44(2,3)51-43(49)47(39-12-6-4-7-13-39)32-34-18-22-37(23-19-34)36-20-16-33(17-21-36)30-46(31-35-11-10-28-45-29-35)42(48)38-24-26-41(27-25-38)50-40-14-8-5-9-15-40/h5,8-11,14-29,39H,4,6-7,12-13,30-32H2,1-3H3. The van der Waals surface area contributed by atoms with E-state index in [2.05, 4.69) is 53.5 Å². The second-order valence-corrected chi connectivity index (χ2v) is 14.3. The molecule has 7 nitrogen and oxygen atoms in total. The van der Waals surface area contributed by atoms with Gasteiger partial charge in [-0.15, -0.1) is 0 Å². The molecule has 5 aromatic rings. The van der Waals surface area contributed by atoms with Gasteiger partial charge in [-0.1, -0.05) is 92.1 Å². The van der Waals surface area contributed by atoms with E-state index in [1.54, 1.807) is 12.4 Å². The Hall–Kier alpha value is -5.43. The zero-order valence-corrected chi connectivity index (χ0v) is 29.8. The summed E-state index contributed by atoms with van der Waals surface area (Å²) in [6.45, 7) is 7.16. The van der Waals surface area contributed by atoms with Gasteiger partial charge in [-0.05, 0) is 104 Å². The first kappa shape index (κ1) is 35.4. The SMILES string of the molecule is CC(C)(C)OC(=O)N(Cc1ccc(-c2ccc(CN(Cc3cccnc3)C(=O)c3ccc(Oc4ccccc4)cc3)cc2)cc1)C1CCCCC1. The highest BCUT2D eigenvalue weighted by molar-refractivity contribution is 5.94. The van der Waals surface area contributed by atoms with Crippen molar-refractivity contribution in [2.45, 2.75) is 84.2 Å². The molecule has 1 aliphatic rings. The molecule has 2 amide bonds. The summed E-state index contributed by atoms with van der Waals surface area (Å²) in [7, 11) is 0. The first-order valence-corrected chi connectivity index (χ1v) is 17.9. The van der Waals surface area contributed by atoms with E-state index >= 15 is 0 Å². The minimum atomic E-state index is -0.535. The number of carbonyl (C=O) groups is 2. The van der Waals surface area contributed by atoms with Crippen molar-refractivity contribution in [2.75, 3.05) is 0 Å². The van der Waals surface area contributed by atoms with Crippen molar-refractivity contribution in [1.82, 2.24) is 14.8 Å². The quantitative estimate of drug-likeness (QED) is 0.139. The highest BCUT2D eigenvalue weighted by Crippen LogP contribution is 2.28. The number of ether oxygens (including phenoxy) is 2. The topological polar surface area (TPSA) is 72.0 Å². The second-order valence-electron chi connectivity index (χ2n) is 14.3. The van der Waals surface area contributed by atoms with Gasteiger partial charge in [-0.25, -0.2) is 4.79 Å². The molecule has 51 heavy (non-hydrogen) atoms. The van der Waals surface area contributed by atoms with Crippen LogP contribution in [0.1, 0.15) is 79.9 Å². The third kappa shape index (κ3) is 10.1. The predicted octanol–water partition coefficient (Wildman–Crippen LogP) is 10.5. The number of hydrogen-bond acceptors (Lipinski definition) is 5. The number of hydrogen-bond donors (Lipinski definition) is 0. The van der Waals surface area contributed by atoms with E-state index in [4.69, 9.17) is 9.47 Å². The molecule has 0 radical (unpaired) electrons. The lowest BCUT2D eigenvalue weighted by molar-refractivity contribution is 0.00987. The summed E-state index contributed by atoms with van der Waals surface area (Å²) >= 11 is 0. The Morgan fingerprint density at radius 1 is 0.667 bits per heavy atom. The van der Waals surface area contributed by atoms with Crippen molar-refractivity contribution in [3.8, 4) is 22.6 Å². The van der Waals surface area contributed by atoms with E-state index in [0.717, 1.165) is 59.3 Å². The summed E-state index contributed by atoms with van der Waals surface area (Å²) in [5.41, 5.74) is 5.29. The molecule has 0 bridgehead atoms. The van der Waals surface area contributed by atoms with Crippen molar-refractivity contribution < 1.29 is 19.1 Å². The number of nitrogens with zero attached hydrogens (tertiary/aromatic N) is 3. The highest BCUT2D eigenvalue weighted by atomic mass is 16.6. The molecule has 1 heterocycles. The maximum atomic E-state index is 13.9. The minimum absolute atomic E-state index is 0.0709. The number of amides is 2. The van der Waals surface area contributed by atoms with Crippen LogP contribution in [0.3, 0.4) is 0 Å². The summed E-state index contributed by atoms with van der Waals surface area (Å²) in [6, 6.07) is 37.7. The van der Waals surface area contributed by atoms with Crippen LogP contribution >= 0.6 is 0 Å². The van der Waals surface area contributed by atoms with Gasteiger partial charge >= 0.3 is 6.09 Å². The number of para-hydroxylation sites is 1. The van der Waals surface area contributed by atoms with Crippen molar-refractivity contribution in [2.24, 2.45) is 0 Å². The number of rotatable bonds is 11. The zero-order valence-electron chi connectivity index (χ0n) is 29.8. The fraction of sp³-hybridized carbons (Fsp3) is 0.295. The van der Waals surface area contributed by atoms with Gasteiger partial charge in [-0.2, -0.15) is 0 Å². The van der Waals surface area contributed by atoms with Crippen LogP contribution in [-0.4, -0.2) is 38.4 Å². The van der Waals surface area contributed by atoms with Crippen LogP contribution < -0.4 is 4.74 Å². The van der Waals surface area contributed by atoms with Gasteiger partial charge < -0.3 is 19.3 Å². The number of carbonyl (C=O) groups excluding carboxylic acids is 2. The molecule has 0 aliphatic heterocycles. The zero-order chi connectivity index (χ0) is 35.6. The first-order chi connectivity index (χ1) is 24.7. The molecular formula is C44H47N3O4. The smallest absolute Gasteiger partial charge is 0.410 e. The van der Waals surface area contributed by atoms with Crippen molar-refractivity contribution >= 4 is 12.0 Å². The third-order valence-electron chi connectivity index (χ3n) is 9.07. The molecule has 1 fully saturated rings. The number of aromatic nitrogens is 1. The third-order valence-corrected chi connectivity index (χ3v) is 9.07. The van der Waals surface area contributed by atoms with Crippen LogP contribution in [0.25, 0.3) is 11.1 Å². The van der Waals surface area contributed by atoms with Gasteiger partial charge in [0.25, 0.3) is 5.91 Å². The minimum Gasteiger partial charge on any atom is -0.457 e. The normalized spacial score (nSPS) is 13.3. The molecule has 6 rings (SSSR count). The van der Waals surface area contributed by atoms with E-state index in [-0.39, 0.29) is 18.0 Å². The van der Waals surface area contributed by atoms with Crippen molar-refractivity contribution in [3.05, 3.63) is 150 Å². The van der Waals surface area contributed by atoms with Gasteiger partial charge in [0.05, 0.1) is 0 Å². The number of pyridine rings is 1. The molecule has 0 N–H and O–H groups in total. The van der Waals surface area contributed by atoms with Crippen LogP contribution in [0.15, 0.2) is 128 Å². The fourth-order valence-electron chi connectivity index (χ4n) is 6.46. The Morgan fingerprint density at radius 2 is 1.25 bits per heavy atom. The van der Waals surface area contributed by atoms with Crippen LogP contribution in [-0.2, 0) is 24.4 Å². The Balaban J connectivity index is 1.14. The van der Waals surface area contributed by atoms with Crippen LogP contribution in [0.2, 0.25) is 0 Å². The van der Waals surface area contributed by atoms with Crippen molar-refractivity contribution in [1.29, 1.82) is 0 Å². The second kappa shape index (κ2) is 16.5. The lowest BCUT2D eigenvalue weighted by Gasteiger charge is -2.35. The van der Waals surface area contributed by atoms with Gasteiger partial charge in [-0.3, -0.25) is 9.78 Å². The van der Waals surface area contributed by atoms with E-state index in [9.17, 15) is 9.59 Å². The number of benzene rings is 4. The van der Waals surface area contributed by atoms with E-state index < -0.39 is 5.60 Å². The van der Waals surface area contributed by atoms with E-state index in [1.165, 1.54) is 6.42 Å². The monoisotopic (exact) mass is 681 g/mol. The Labute approximate surface area is 301 Å². The first-order valence-electron chi connectivity index (χ1n) is 17.9. The molecule has 0 unspecified atom stereocenters. The molecule has 1 saturated carbocycles. The highest BCUT2D eigenvalue weighted by Gasteiger charge is 2.29. The van der Waals surface area contributed by atoms with Gasteiger partial charge in [0.2, 0.25) is 0 Å². The summed E-state index contributed by atoms with van der Waals surface area (Å²) in [4.78, 5) is 35.1. The fourth-order valence-corrected chi connectivity index (χ4v) is 6.46. The van der Waals surface area contributed by atoms with Gasteiger partial charge in [0, 0.05) is 43.6 Å².